The fourth-order valence-electron chi connectivity index (χ4n) is 1.22. The molecule has 0 aliphatic carbocycles. The van der Waals surface area contributed by atoms with E-state index in [0.717, 1.165) is 6.42 Å². The highest BCUT2D eigenvalue weighted by atomic mass is 13.9. The van der Waals surface area contributed by atoms with Crippen molar-refractivity contribution < 1.29 is 0 Å². The molecule has 0 unspecified atom stereocenters. The fraction of sp³-hybridized carbons (Fsp3) is 0.615. The zero-order valence-corrected chi connectivity index (χ0v) is 8.97. The smallest absolute Gasteiger partial charge is 0.0347 e. The fourth-order valence-corrected chi connectivity index (χ4v) is 1.22. The Hall–Kier alpha value is -0.520. The molecule has 75 valence electrons. The van der Waals surface area contributed by atoms with Gasteiger partial charge in [0.05, 0.1) is 0 Å². The van der Waals surface area contributed by atoms with E-state index in [1.165, 1.54) is 38.5 Å². The van der Waals surface area contributed by atoms with Gasteiger partial charge in [-0.15, -0.1) is 0 Å². The van der Waals surface area contributed by atoms with E-state index in [2.05, 4.69) is 38.2 Å². The largest absolute Gasteiger partial charge is 0.0845 e. The zero-order chi connectivity index (χ0) is 9.78. The average molecular weight is 179 g/mol. The summed E-state index contributed by atoms with van der Waals surface area (Å²) in [5, 5.41) is 0. The Morgan fingerprint density at radius 1 is 0.923 bits per heavy atom. The Morgan fingerprint density at radius 3 is 2.31 bits per heavy atom. The van der Waals surface area contributed by atoms with Crippen molar-refractivity contribution in [2.45, 2.75) is 51.9 Å². The molecule has 0 fully saturated rings. The lowest BCUT2D eigenvalue weighted by Crippen LogP contribution is -1.75. The van der Waals surface area contributed by atoms with Crippen LogP contribution in [0.5, 0.6) is 0 Å². The number of hydrogen-bond donors (Lipinski definition) is 0. The number of allylic oxidation sites excluding steroid dienone is 4. The van der Waals surface area contributed by atoms with Gasteiger partial charge in [-0.25, -0.2) is 0 Å². The molecule has 0 spiro atoms. The van der Waals surface area contributed by atoms with Gasteiger partial charge in [0.2, 0.25) is 0 Å². The van der Waals surface area contributed by atoms with E-state index in [1.807, 2.05) is 0 Å². The summed E-state index contributed by atoms with van der Waals surface area (Å²) < 4.78 is 0. The lowest BCUT2D eigenvalue weighted by atomic mass is 10.1. The van der Waals surface area contributed by atoms with E-state index >= 15 is 0 Å². The highest BCUT2D eigenvalue weighted by Gasteiger charge is 1.85. The van der Waals surface area contributed by atoms with Gasteiger partial charge >= 0.3 is 0 Å². The maximum Gasteiger partial charge on any atom is -0.0347 e. The van der Waals surface area contributed by atoms with Crippen molar-refractivity contribution >= 4 is 0 Å². The van der Waals surface area contributed by atoms with Crippen LogP contribution in [-0.4, -0.2) is 0 Å². The van der Waals surface area contributed by atoms with Crippen molar-refractivity contribution in [1.29, 1.82) is 0 Å². The molecule has 0 aliphatic rings. The minimum Gasteiger partial charge on any atom is -0.0845 e. The molecule has 0 saturated carbocycles. The van der Waals surface area contributed by atoms with Crippen LogP contribution < -0.4 is 0 Å². The molecule has 0 aromatic heterocycles. The highest BCUT2D eigenvalue weighted by molar-refractivity contribution is 5.02. The summed E-state index contributed by atoms with van der Waals surface area (Å²) in [4.78, 5) is 0. The predicted octanol–water partition coefficient (Wildman–Crippen LogP) is 4.68. The predicted molar refractivity (Wildman–Crippen MR) is 61.6 cm³/mol. The summed E-state index contributed by atoms with van der Waals surface area (Å²) in [5.41, 5.74) is 0. The first-order valence-corrected chi connectivity index (χ1v) is 5.52. The third-order valence-corrected chi connectivity index (χ3v) is 2.02. The van der Waals surface area contributed by atoms with E-state index < -0.39 is 0 Å². The van der Waals surface area contributed by atoms with Crippen LogP contribution in [0.2, 0.25) is 0 Å². The maximum atomic E-state index is 3.73. The lowest BCUT2D eigenvalue weighted by Gasteiger charge is -1.95. The van der Waals surface area contributed by atoms with Gasteiger partial charge in [-0.05, 0) is 26.2 Å². The molecule has 0 N–H and O–H groups in total. The van der Waals surface area contributed by atoms with Crippen molar-refractivity contribution in [2.75, 3.05) is 0 Å². The van der Waals surface area contributed by atoms with Crippen LogP contribution in [-0.2, 0) is 0 Å². The molecule has 0 aromatic carbocycles. The second-order valence-electron chi connectivity index (χ2n) is 3.35. The number of unbranched alkanes of at least 4 members (excludes halogenated alkanes) is 5. The Kier molecular flexibility index (Phi) is 11.0. The van der Waals surface area contributed by atoms with Crippen molar-refractivity contribution in [3.05, 3.63) is 31.2 Å². The van der Waals surface area contributed by atoms with Crippen molar-refractivity contribution in [1.82, 2.24) is 0 Å². The summed E-state index contributed by atoms with van der Waals surface area (Å²) in [6, 6.07) is 0. The van der Waals surface area contributed by atoms with Gasteiger partial charge in [0.25, 0.3) is 0 Å². The molecule has 0 nitrogen and oxygen atoms in total. The van der Waals surface area contributed by atoms with Crippen LogP contribution in [0.1, 0.15) is 51.9 Å². The average Bonchev–Trinajstić information content (AvgIpc) is 2.16. The minimum absolute atomic E-state index is 0.890. The summed E-state index contributed by atoms with van der Waals surface area (Å²) in [6.45, 7) is 5.99. The van der Waals surface area contributed by atoms with E-state index in [-0.39, 0.29) is 0 Å². The standard InChI is InChI=1S/C13H23/c1-3-5-7-9-11-13-12-10-8-6-4-2/h5,7,9,11H,1,3-4,6,8,10,12-13H2,2H3/b7-5+,11-9+. The normalized spacial score (nSPS) is 11.8. The molecule has 0 aromatic rings. The summed E-state index contributed by atoms with van der Waals surface area (Å²) in [7, 11) is 0. The SMILES string of the molecule is [CH2]C/C=C/C=C/CCCCCCC. The highest BCUT2D eigenvalue weighted by Crippen LogP contribution is 2.05. The first-order valence-electron chi connectivity index (χ1n) is 5.52. The molecule has 0 saturated heterocycles. The van der Waals surface area contributed by atoms with Gasteiger partial charge in [-0.3, -0.25) is 0 Å². The van der Waals surface area contributed by atoms with Crippen molar-refractivity contribution in [3.63, 3.8) is 0 Å². The zero-order valence-electron chi connectivity index (χ0n) is 8.97. The molecule has 0 amide bonds. The van der Waals surface area contributed by atoms with Crippen molar-refractivity contribution in [2.24, 2.45) is 0 Å². The van der Waals surface area contributed by atoms with E-state index in [0.29, 0.717) is 0 Å². The van der Waals surface area contributed by atoms with Gasteiger partial charge in [-0.2, -0.15) is 0 Å². The van der Waals surface area contributed by atoms with Crippen LogP contribution >= 0.6 is 0 Å². The Morgan fingerprint density at radius 2 is 1.62 bits per heavy atom. The van der Waals surface area contributed by atoms with Crippen LogP contribution in [0, 0.1) is 6.92 Å². The van der Waals surface area contributed by atoms with E-state index in [9.17, 15) is 0 Å². The maximum absolute atomic E-state index is 3.73. The number of hydrogen-bond acceptors (Lipinski definition) is 0. The first kappa shape index (κ1) is 12.5. The third kappa shape index (κ3) is 11.5. The molecule has 1 radical (unpaired) electrons. The van der Waals surface area contributed by atoms with Crippen LogP contribution in [0.3, 0.4) is 0 Å². The van der Waals surface area contributed by atoms with Gasteiger partial charge in [0, 0.05) is 0 Å². The molecule has 13 heavy (non-hydrogen) atoms. The molecule has 0 bridgehead atoms. The van der Waals surface area contributed by atoms with Gasteiger partial charge in [0.1, 0.15) is 0 Å². The Labute approximate surface area is 83.7 Å². The molecule has 0 heteroatoms. The van der Waals surface area contributed by atoms with Gasteiger partial charge < -0.3 is 0 Å². The second-order valence-corrected chi connectivity index (χ2v) is 3.35. The summed E-state index contributed by atoms with van der Waals surface area (Å²) in [5.74, 6) is 0. The number of rotatable bonds is 8. The van der Waals surface area contributed by atoms with Crippen LogP contribution in [0.15, 0.2) is 24.3 Å². The summed E-state index contributed by atoms with van der Waals surface area (Å²) in [6.07, 6.45) is 17.5. The van der Waals surface area contributed by atoms with Gasteiger partial charge in [0.15, 0.2) is 0 Å². The Bertz CT molecular complexity index is 131. The minimum atomic E-state index is 0.890. The molecular weight excluding hydrogens is 156 g/mol. The molecule has 0 aliphatic heterocycles. The van der Waals surface area contributed by atoms with Crippen molar-refractivity contribution in [3.8, 4) is 0 Å². The molecule has 0 atom stereocenters. The monoisotopic (exact) mass is 179 g/mol. The second kappa shape index (κ2) is 11.5. The molecular formula is C13H23. The molecule has 0 heterocycles. The van der Waals surface area contributed by atoms with E-state index in [1.54, 1.807) is 0 Å². The Balaban J connectivity index is 3.06. The van der Waals surface area contributed by atoms with Crippen LogP contribution in [0.25, 0.3) is 0 Å². The molecule has 0 rings (SSSR count). The van der Waals surface area contributed by atoms with E-state index in [4.69, 9.17) is 0 Å². The van der Waals surface area contributed by atoms with Gasteiger partial charge in [-0.1, -0.05) is 56.9 Å². The lowest BCUT2D eigenvalue weighted by molar-refractivity contribution is 0.637. The third-order valence-electron chi connectivity index (χ3n) is 2.02. The van der Waals surface area contributed by atoms with Crippen LogP contribution in [0.4, 0.5) is 0 Å². The topological polar surface area (TPSA) is 0 Å². The first-order chi connectivity index (χ1) is 6.41. The quantitative estimate of drug-likeness (QED) is 0.375. The summed E-state index contributed by atoms with van der Waals surface area (Å²) >= 11 is 0.